The van der Waals surface area contributed by atoms with Gasteiger partial charge in [-0.1, -0.05) is 42.5 Å². The van der Waals surface area contributed by atoms with E-state index in [0.717, 1.165) is 5.56 Å². The molecule has 1 aliphatic rings. The summed E-state index contributed by atoms with van der Waals surface area (Å²) in [6, 6.07) is 16.1. The lowest BCUT2D eigenvalue weighted by Gasteiger charge is -2.35. The van der Waals surface area contributed by atoms with Crippen LogP contribution in [0.5, 0.6) is 5.75 Å². The first-order chi connectivity index (χ1) is 12.5. The molecule has 26 heavy (non-hydrogen) atoms. The van der Waals surface area contributed by atoms with Crippen molar-refractivity contribution in [3.63, 3.8) is 0 Å². The third-order valence-corrected chi connectivity index (χ3v) is 4.51. The van der Waals surface area contributed by atoms with Gasteiger partial charge in [-0.15, -0.1) is 0 Å². The second kappa shape index (κ2) is 8.56. The molecular formula is C20H23F3N2O. The maximum atomic E-state index is 13.1. The highest BCUT2D eigenvalue weighted by molar-refractivity contribution is 5.31. The van der Waals surface area contributed by atoms with Crippen LogP contribution in [-0.2, 0) is 6.61 Å². The quantitative estimate of drug-likeness (QED) is 0.833. The van der Waals surface area contributed by atoms with E-state index < -0.39 is 18.6 Å². The van der Waals surface area contributed by atoms with Crippen LogP contribution < -0.4 is 10.1 Å². The van der Waals surface area contributed by atoms with Crippen LogP contribution in [0.4, 0.5) is 13.2 Å². The molecule has 0 amide bonds. The average molecular weight is 364 g/mol. The van der Waals surface area contributed by atoms with E-state index in [0.29, 0.717) is 44.1 Å². The van der Waals surface area contributed by atoms with Gasteiger partial charge in [-0.3, -0.25) is 4.90 Å². The second-order valence-electron chi connectivity index (χ2n) is 6.47. The molecule has 2 aromatic carbocycles. The zero-order valence-electron chi connectivity index (χ0n) is 14.5. The van der Waals surface area contributed by atoms with Crippen molar-refractivity contribution >= 4 is 0 Å². The summed E-state index contributed by atoms with van der Waals surface area (Å²) >= 11 is 0. The number of nitrogens with zero attached hydrogens (tertiary/aromatic N) is 1. The van der Waals surface area contributed by atoms with Gasteiger partial charge in [0.15, 0.2) is 0 Å². The Bertz CT molecular complexity index is 685. The lowest BCUT2D eigenvalue weighted by Crippen LogP contribution is -2.46. The number of nitrogens with one attached hydrogen (secondary N) is 1. The molecule has 3 nitrogen and oxygen atoms in total. The summed E-state index contributed by atoms with van der Waals surface area (Å²) in [5.74, 6) is 0.591. The highest BCUT2D eigenvalue weighted by atomic mass is 19.4. The van der Waals surface area contributed by atoms with Crippen LogP contribution in [0.15, 0.2) is 54.6 Å². The third-order valence-electron chi connectivity index (χ3n) is 4.51. The van der Waals surface area contributed by atoms with Gasteiger partial charge in [0.1, 0.15) is 12.4 Å². The van der Waals surface area contributed by atoms with Gasteiger partial charge in [0.25, 0.3) is 0 Å². The molecule has 0 aromatic heterocycles. The van der Waals surface area contributed by atoms with E-state index in [1.165, 1.54) is 0 Å². The van der Waals surface area contributed by atoms with Gasteiger partial charge in [0, 0.05) is 32.2 Å². The molecule has 6 heteroatoms. The van der Waals surface area contributed by atoms with Crippen molar-refractivity contribution in [1.82, 2.24) is 10.2 Å². The topological polar surface area (TPSA) is 24.5 Å². The summed E-state index contributed by atoms with van der Waals surface area (Å²) in [7, 11) is 0. The van der Waals surface area contributed by atoms with Crippen molar-refractivity contribution in [2.75, 3.05) is 26.2 Å². The minimum Gasteiger partial charge on any atom is -0.489 e. The van der Waals surface area contributed by atoms with Crippen LogP contribution in [0.1, 0.15) is 23.6 Å². The Morgan fingerprint density at radius 2 is 1.73 bits per heavy atom. The first kappa shape index (κ1) is 18.7. The number of hydrogen-bond donors (Lipinski definition) is 1. The summed E-state index contributed by atoms with van der Waals surface area (Å²) in [5, 5.41) is 3.19. The highest BCUT2D eigenvalue weighted by Crippen LogP contribution is 2.35. The molecule has 1 N–H and O–H groups in total. The van der Waals surface area contributed by atoms with Gasteiger partial charge in [-0.05, 0) is 23.3 Å². The molecule has 0 radical (unpaired) electrons. The molecule has 2 aromatic rings. The number of rotatable bonds is 6. The van der Waals surface area contributed by atoms with Crippen molar-refractivity contribution < 1.29 is 17.9 Å². The van der Waals surface area contributed by atoms with Gasteiger partial charge in [-0.2, -0.15) is 13.2 Å². The van der Waals surface area contributed by atoms with E-state index in [1.807, 2.05) is 35.2 Å². The first-order valence-electron chi connectivity index (χ1n) is 8.79. The zero-order chi connectivity index (χ0) is 18.4. The Hall–Kier alpha value is -2.05. The fraction of sp³-hybridized carbons (Fsp3) is 0.400. The van der Waals surface area contributed by atoms with Crippen LogP contribution in [0.3, 0.4) is 0 Å². The number of alkyl halides is 3. The van der Waals surface area contributed by atoms with E-state index in [2.05, 4.69) is 5.32 Å². The fourth-order valence-electron chi connectivity index (χ4n) is 3.22. The monoisotopic (exact) mass is 364 g/mol. The summed E-state index contributed by atoms with van der Waals surface area (Å²) in [6.45, 7) is 3.02. The van der Waals surface area contributed by atoms with Crippen molar-refractivity contribution in [2.45, 2.75) is 25.2 Å². The Kier molecular flexibility index (Phi) is 6.16. The molecule has 1 saturated heterocycles. The summed E-state index contributed by atoms with van der Waals surface area (Å²) in [5.41, 5.74) is 1.67. The summed E-state index contributed by atoms with van der Waals surface area (Å²) in [6.07, 6.45) is -5.06. The number of piperazine rings is 1. The summed E-state index contributed by atoms with van der Waals surface area (Å²) in [4.78, 5) is 1.90. The second-order valence-corrected chi connectivity index (χ2v) is 6.47. The third kappa shape index (κ3) is 5.47. The largest absolute Gasteiger partial charge is 0.489 e. The van der Waals surface area contributed by atoms with E-state index in [1.54, 1.807) is 24.3 Å². The number of benzene rings is 2. The molecule has 3 rings (SSSR count). The number of hydrogen-bond acceptors (Lipinski definition) is 3. The Balaban J connectivity index is 1.75. The zero-order valence-corrected chi connectivity index (χ0v) is 14.5. The van der Waals surface area contributed by atoms with Crippen LogP contribution >= 0.6 is 0 Å². The lowest BCUT2D eigenvalue weighted by molar-refractivity contribution is -0.148. The van der Waals surface area contributed by atoms with E-state index in [9.17, 15) is 13.2 Å². The number of halogens is 3. The van der Waals surface area contributed by atoms with Gasteiger partial charge < -0.3 is 10.1 Å². The van der Waals surface area contributed by atoms with E-state index in [4.69, 9.17) is 4.74 Å². The van der Waals surface area contributed by atoms with Crippen LogP contribution in [0, 0.1) is 0 Å². The van der Waals surface area contributed by atoms with Crippen LogP contribution in [0.25, 0.3) is 0 Å². The maximum absolute atomic E-state index is 13.1. The molecule has 0 spiro atoms. The fourth-order valence-corrected chi connectivity index (χ4v) is 3.22. The lowest BCUT2D eigenvalue weighted by atomic mass is 10.0. The molecule has 1 fully saturated rings. The molecule has 140 valence electrons. The van der Waals surface area contributed by atoms with Gasteiger partial charge in [0.2, 0.25) is 0 Å². The van der Waals surface area contributed by atoms with Crippen molar-refractivity contribution in [2.24, 2.45) is 0 Å². The van der Waals surface area contributed by atoms with Crippen LogP contribution in [-0.4, -0.2) is 37.3 Å². The maximum Gasteiger partial charge on any atom is 0.390 e. The van der Waals surface area contributed by atoms with Crippen molar-refractivity contribution in [3.8, 4) is 5.75 Å². The van der Waals surface area contributed by atoms with Gasteiger partial charge in [0.05, 0.1) is 6.42 Å². The number of ether oxygens (including phenoxy) is 1. The Labute approximate surface area is 151 Å². The van der Waals surface area contributed by atoms with Crippen molar-refractivity contribution in [1.29, 1.82) is 0 Å². The Morgan fingerprint density at radius 1 is 1.00 bits per heavy atom. The van der Waals surface area contributed by atoms with E-state index in [-0.39, 0.29) is 0 Å². The van der Waals surface area contributed by atoms with Gasteiger partial charge >= 0.3 is 6.18 Å². The normalized spacial score (nSPS) is 17.0. The molecule has 0 saturated carbocycles. The average Bonchev–Trinajstić information content (AvgIpc) is 2.66. The van der Waals surface area contributed by atoms with E-state index >= 15 is 0 Å². The minimum atomic E-state index is -4.21. The molecular weight excluding hydrogens is 341 g/mol. The molecule has 0 aliphatic carbocycles. The highest BCUT2D eigenvalue weighted by Gasteiger charge is 2.36. The molecule has 1 atom stereocenters. The first-order valence-corrected chi connectivity index (χ1v) is 8.79. The van der Waals surface area contributed by atoms with Gasteiger partial charge in [-0.25, -0.2) is 0 Å². The SMILES string of the molecule is FC(F)(F)C[C@H](c1cccc(OCc2ccccc2)c1)N1CCNCC1. The summed E-state index contributed by atoms with van der Waals surface area (Å²) < 4.78 is 45.2. The molecule has 0 unspecified atom stereocenters. The predicted octanol–water partition coefficient (Wildman–Crippen LogP) is 4.16. The Morgan fingerprint density at radius 3 is 2.42 bits per heavy atom. The standard InChI is InChI=1S/C20H23F3N2O/c21-20(22,23)14-19(25-11-9-24-10-12-25)17-7-4-8-18(13-17)26-15-16-5-2-1-3-6-16/h1-8,13,19,24H,9-12,14-15H2/t19-/m1/s1. The smallest absolute Gasteiger partial charge is 0.390 e. The minimum absolute atomic E-state index is 0.391. The van der Waals surface area contributed by atoms with Crippen LogP contribution in [0.2, 0.25) is 0 Å². The predicted molar refractivity (Wildman–Crippen MR) is 95.1 cm³/mol. The molecule has 0 bridgehead atoms. The molecule has 1 heterocycles. The molecule has 1 aliphatic heterocycles. The van der Waals surface area contributed by atoms with Crippen molar-refractivity contribution in [3.05, 3.63) is 65.7 Å².